The zero-order chi connectivity index (χ0) is 36.1. The number of fused-ring (bicyclic) bond motifs is 2. The maximum Gasteiger partial charge on any atom is 0.333 e. The molecule has 3 aliphatic carbocycles. The Labute approximate surface area is 293 Å². The molecule has 264 valence electrons. The Morgan fingerprint density at radius 2 is 1.64 bits per heavy atom. The van der Waals surface area contributed by atoms with Gasteiger partial charge in [-0.2, -0.15) is 0 Å². The first-order chi connectivity index (χ1) is 23.5. The van der Waals surface area contributed by atoms with E-state index in [9.17, 15) is 14.4 Å². The fourth-order valence-electron chi connectivity index (χ4n) is 9.14. The number of hydrogen-bond donors (Lipinski definition) is 0. The van der Waals surface area contributed by atoms with Crippen molar-refractivity contribution in [2.24, 2.45) is 11.8 Å². The molecule has 1 aromatic rings. The van der Waals surface area contributed by atoms with Crippen molar-refractivity contribution in [3.63, 3.8) is 0 Å². The van der Waals surface area contributed by atoms with Crippen molar-refractivity contribution in [1.29, 1.82) is 0 Å². The lowest BCUT2D eigenvalue weighted by molar-refractivity contribution is -0.171. The number of Topliss-reactive ketones (excluding diaryl/α,β-unsaturated/α-hetero) is 2. The van der Waals surface area contributed by atoms with Crippen molar-refractivity contribution in [1.82, 2.24) is 0 Å². The summed E-state index contributed by atoms with van der Waals surface area (Å²) in [5.41, 5.74) is 0.414. The van der Waals surface area contributed by atoms with Gasteiger partial charge in [-0.05, 0) is 92.7 Å². The normalized spacial score (nSPS) is 30.8. The van der Waals surface area contributed by atoms with Gasteiger partial charge in [-0.25, -0.2) is 4.79 Å². The third kappa shape index (κ3) is 4.75. The summed E-state index contributed by atoms with van der Waals surface area (Å²) >= 11 is 0. The monoisotopic (exact) mass is 682 g/mol. The molecule has 1 spiro atoms. The van der Waals surface area contributed by atoms with E-state index in [0.717, 1.165) is 17.6 Å². The molecule has 9 nitrogen and oxygen atoms in total. The van der Waals surface area contributed by atoms with Crippen molar-refractivity contribution >= 4 is 29.1 Å². The summed E-state index contributed by atoms with van der Waals surface area (Å²) in [4.78, 5) is 55.4. The average Bonchev–Trinajstić information content (AvgIpc) is 3.19. The first-order valence-corrected chi connectivity index (χ1v) is 17.6. The minimum atomic E-state index is -1.60. The molecule has 4 heterocycles. The van der Waals surface area contributed by atoms with Crippen molar-refractivity contribution in [2.75, 3.05) is 7.11 Å². The number of carbonyl (C=O) groups excluding carboxylic acids is 4. The summed E-state index contributed by atoms with van der Waals surface area (Å²) < 4.78 is 32.0. The molecule has 9 heteroatoms. The smallest absolute Gasteiger partial charge is 0.333 e. The van der Waals surface area contributed by atoms with Crippen LogP contribution < -0.4 is 14.2 Å². The highest BCUT2D eigenvalue weighted by Gasteiger charge is 2.81. The van der Waals surface area contributed by atoms with Crippen LogP contribution in [0.5, 0.6) is 17.2 Å². The van der Waals surface area contributed by atoms with Gasteiger partial charge in [0.05, 0.1) is 24.7 Å². The van der Waals surface area contributed by atoms with Crippen molar-refractivity contribution < 1.29 is 42.9 Å². The third-order valence-corrected chi connectivity index (χ3v) is 11.3. The maximum absolute atomic E-state index is 15.2. The van der Waals surface area contributed by atoms with Crippen LogP contribution in [0.2, 0.25) is 0 Å². The van der Waals surface area contributed by atoms with E-state index in [4.69, 9.17) is 23.7 Å². The van der Waals surface area contributed by atoms with Gasteiger partial charge in [0.15, 0.2) is 28.5 Å². The Bertz CT molecular complexity index is 1930. The average molecular weight is 683 g/mol. The van der Waals surface area contributed by atoms with E-state index >= 15 is 4.79 Å². The lowest BCUT2D eigenvalue weighted by Gasteiger charge is -2.56. The van der Waals surface area contributed by atoms with Crippen LogP contribution >= 0.6 is 0 Å². The second-order valence-electron chi connectivity index (χ2n) is 15.9. The second kappa shape index (κ2) is 11.4. The fourth-order valence-corrected chi connectivity index (χ4v) is 9.14. The minimum absolute atomic E-state index is 0.00502. The minimum Gasteiger partial charge on any atom is -0.482 e. The van der Waals surface area contributed by atoms with Crippen LogP contribution in [-0.2, 0) is 30.3 Å². The van der Waals surface area contributed by atoms with E-state index in [1.54, 1.807) is 19.1 Å². The number of ether oxygens (including phenoxy) is 5. The van der Waals surface area contributed by atoms with Crippen molar-refractivity contribution in [3.8, 4) is 17.2 Å². The van der Waals surface area contributed by atoms with E-state index in [2.05, 4.69) is 26.0 Å². The molecule has 4 aliphatic heterocycles. The summed E-state index contributed by atoms with van der Waals surface area (Å²) in [6, 6.07) is 0. The van der Waals surface area contributed by atoms with Crippen LogP contribution in [0.25, 0.3) is 5.57 Å². The predicted octanol–water partition coefficient (Wildman–Crippen LogP) is 7.30. The van der Waals surface area contributed by atoms with Crippen molar-refractivity contribution in [2.45, 2.75) is 116 Å². The molecule has 5 atom stereocenters. The summed E-state index contributed by atoms with van der Waals surface area (Å²) in [5, 5.41) is 0. The molecule has 1 aromatic carbocycles. The molecule has 50 heavy (non-hydrogen) atoms. The van der Waals surface area contributed by atoms with Gasteiger partial charge < -0.3 is 23.7 Å². The van der Waals surface area contributed by atoms with Gasteiger partial charge in [-0.3, -0.25) is 14.4 Å². The van der Waals surface area contributed by atoms with Gasteiger partial charge in [0.2, 0.25) is 0 Å². The van der Waals surface area contributed by atoms with Gasteiger partial charge in [0.1, 0.15) is 22.7 Å². The number of benzene rings is 1. The molecule has 0 amide bonds. The summed E-state index contributed by atoms with van der Waals surface area (Å²) in [6.07, 6.45) is 11.9. The van der Waals surface area contributed by atoms with Crippen LogP contribution in [0.15, 0.2) is 52.7 Å². The second-order valence-corrected chi connectivity index (χ2v) is 15.9. The molecule has 2 fully saturated rings. The Balaban J connectivity index is 1.49. The number of ketones is 2. The Morgan fingerprint density at radius 1 is 0.940 bits per heavy atom. The SMILES string of the molecule is COC(=O)C(C)=CCC12OC(C)(C)C3CC(C=C4C(=O)c5c(c(CC=C(C)C)c6c7c5OC(=O)CC7=CC(C)(CCC=C(C)C)O6)OC431)C2=O. The largest absolute Gasteiger partial charge is 0.482 e. The molecular weight excluding hydrogens is 636 g/mol. The van der Waals surface area contributed by atoms with E-state index in [-0.39, 0.29) is 47.4 Å². The molecule has 0 aromatic heterocycles. The van der Waals surface area contributed by atoms with Gasteiger partial charge in [-0.15, -0.1) is 0 Å². The number of esters is 2. The van der Waals surface area contributed by atoms with E-state index in [0.29, 0.717) is 47.3 Å². The molecular formula is C41H46O9. The van der Waals surface area contributed by atoms with Gasteiger partial charge in [-0.1, -0.05) is 35.5 Å². The van der Waals surface area contributed by atoms with Crippen LogP contribution in [0.3, 0.4) is 0 Å². The summed E-state index contributed by atoms with van der Waals surface area (Å²) in [7, 11) is 1.30. The highest BCUT2D eigenvalue weighted by atomic mass is 16.6. The van der Waals surface area contributed by atoms with E-state index in [1.165, 1.54) is 12.7 Å². The summed E-state index contributed by atoms with van der Waals surface area (Å²) in [6.45, 7) is 15.6. The standard InChI is InChI=1S/C41H46O9/c1-21(2)11-10-15-39(8)20-25-19-29(42)47-35-30(25)33(48-39)26(13-12-22(3)4)34-31(35)32(43)27-17-24-18-28-38(6,7)50-40(36(24)44,41(27,28)49-34)16-14-23(5)37(45)46-9/h11-12,14,17,20,24,28H,10,13,15-16,18-19H2,1-9H3. The molecule has 5 unspecified atom stereocenters. The van der Waals surface area contributed by atoms with Gasteiger partial charge in [0.25, 0.3) is 0 Å². The number of carbonyl (C=O) groups is 4. The maximum atomic E-state index is 15.2. The third-order valence-electron chi connectivity index (χ3n) is 11.3. The quantitative estimate of drug-likeness (QED) is 0.121. The Hall–Kier alpha value is -4.24. The number of allylic oxidation sites excluding steroid dienone is 5. The zero-order valence-electron chi connectivity index (χ0n) is 30.5. The fraction of sp³-hybridized carbons (Fsp3) is 0.512. The molecule has 1 saturated carbocycles. The lowest BCUT2D eigenvalue weighted by Crippen LogP contribution is -2.72. The molecule has 8 rings (SSSR count). The lowest BCUT2D eigenvalue weighted by atomic mass is 9.51. The number of hydrogen-bond acceptors (Lipinski definition) is 9. The van der Waals surface area contributed by atoms with Gasteiger partial charge in [0, 0.05) is 35.0 Å². The zero-order valence-corrected chi connectivity index (χ0v) is 30.5. The molecule has 7 aliphatic rings. The van der Waals surface area contributed by atoms with Crippen LogP contribution in [0.1, 0.15) is 109 Å². The van der Waals surface area contributed by atoms with E-state index < -0.39 is 40.3 Å². The van der Waals surface area contributed by atoms with E-state index in [1.807, 2.05) is 40.7 Å². The van der Waals surface area contributed by atoms with Gasteiger partial charge >= 0.3 is 11.9 Å². The van der Waals surface area contributed by atoms with Crippen LogP contribution in [0, 0.1) is 11.8 Å². The molecule has 4 bridgehead atoms. The molecule has 1 saturated heterocycles. The highest BCUT2D eigenvalue weighted by molar-refractivity contribution is 6.20. The van der Waals surface area contributed by atoms with Crippen LogP contribution in [-0.4, -0.2) is 53.0 Å². The molecule has 0 radical (unpaired) electrons. The predicted molar refractivity (Wildman–Crippen MR) is 186 cm³/mol. The number of rotatable bonds is 8. The highest BCUT2D eigenvalue weighted by Crippen LogP contribution is 2.69. The van der Waals surface area contributed by atoms with Crippen molar-refractivity contribution in [3.05, 3.63) is 69.4 Å². The Kier molecular flexibility index (Phi) is 7.79. The molecule has 0 N–H and O–H groups in total. The number of methoxy groups -OCH3 is 1. The topological polar surface area (TPSA) is 114 Å². The summed E-state index contributed by atoms with van der Waals surface area (Å²) in [5.74, 6) is -1.56. The van der Waals surface area contributed by atoms with Crippen LogP contribution in [0.4, 0.5) is 0 Å². The first kappa shape index (κ1) is 34.2. The first-order valence-electron chi connectivity index (χ1n) is 17.6. The Morgan fingerprint density at radius 3 is 2.32 bits per heavy atom.